The minimum Gasteiger partial charge on any atom is -0.481 e. The number of carbonyl (C=O) groups is 3. The predicted octanol–water partition coefficient (Wildman–Crippen LogP) is 1.52. The summed E-state index contributed by atoms with van der Waals surface area (Å²) in [6.45, 7) is 6.08. The van der Waals surface area contributed by atoms with Crippen molar-refractivity contribution in [2.24, 2.45) is 5.41 Å². The molecule has 0 aromatic rings. The van der Waals surface area contributed by atoms with Gasteiger partial charge in [0.05, 0.1) is 12.0 Å². The Morgan fingerprint density at radius 1 is 1.10 bits per heavy atom. The quantitative estimate of drug-likeness (QED) is 0.419. The fourth-order valence-electron chi connectivity index (χ4n) is 1.86. The molecule has 0 radical (unpaired) electrons. The molecule has 0 saturated heterocycles. The van der Waals surface area contributed by atoms with Gasteiger partial charge in [-0.1, -0.05) is 13.8 Å². The molecular weight excluding hydrogens is 276 g/mol. The van der Waals surface area contributed by atoms with E-state index in [9.17, 15) is 19.5 Å². The zero-order valence-electron chi connectivity index (χ0n) is 13.0. The SMILES string of the molecule is CCOC(=O)CCCNC(=O)NCC(CC)(CC)C(=O)O. The number of aliphatic carboxylic acids is 1. The van der Waals surface area contributed by atoms with Crippen molar-refractivity contribution in [2.45, 2.75) is 46.5 Å². The van der Waals surface area contributed by atoms with Crippen LogP contribution in [0.25, 0.3) is 0 Å². The van der Waals surface area contributed by atoms with Crippen LogP contribution in [0.5, 0.6) is 0 Å². The summed E-state index contributed by atoms with van der Waals surface area (Å²) in [4.78, 5) is 33.9. The van der Waals surface area contributed by atoms with E-state index in [-0.39, 0.29) is 18.9 Å². The van der Waals surface area contributed by atoms with E-state index in [1.54, 1.807) is 20.8 Å². The largest absolute Gasteiger partial charge is 0.481 e. The van der Waals surface area contributed by atoms with Gasteiger partial charge in [-0.3, -0.25) is 9.59 Å². The Morgan fingerprint density at radius 3 is 2.19 bits per heavy atom. The van der Waals surface area contributed by atoms with E-state index >= 15 is 0 Å². The summed E-state index contributed by atoms with van der Waals surface area (Å²) < 4.78 is 4.76. The molecule has 0 bridgehead atoms. The molecule has 3 N–H and O–H groups in total. The Morgan fingerprint density at radius 2 is 1.71 bits per heavy atom. The molecule has 0 atom stereocenters. The number of carbonyl (C=O) groups excluding carboxylic acids is 2. The number of carboxylic acids is 1. The van der Waals surface area contributed by atoms with Crippen LogP contribution in [0.15, 0.2) is 0 Å². The first kappa shape index (κ1) is 19.2. The molecule has 0 saturated carbocycles. The van der Waals surface area contributed by atoms with Crippen molar-refractivity contribution in [3.63, 3.8) is 0 Å². The molecule has 0 unspecified atom stereocenters. The Balaban J connectivity index is 3.99. The van der Waals surface area contributed by atoms with Crippen molar-refractivity contribution in [1.29, 1.82) is 0 Å². The first-order valence-electron chi connectivity index (χ1n) is 7.32. The second kappa shape index (κ2) is 10.0. The highest BCUT2D eigenvalue weighted by atomic mass is 16.5. The second-order valence-corrected chi connectivity index (χ2v) is 4.81. The van der Waals surface area contributed by atoms with Crippen LogP contribution in [0.1, 0.15) is 46.5 Å². The summed E-state index contributed by atoms with van der Waals surface area (Å²) in [5.41, 5.74) is -0.928. The van der Waals surface area contributed by atoms with Crippen LogP contribution < -0.4 is 10.6 Å². The minimum absolute atomic E-state index is 0.0824. The smallest absolute Gasteiger partial charge is 0.314 e. The highest BCUT2D eigenvalue weighted by Crippen LogP contribution is 2.25. The lowest BCUT2D eigenvalue weighted by Gasteiger charge is -2.26. The number of carboxylic acid groups (broad SMARTS) is 1. The van der Waals surface area contributed by atoms with Crippen LogP contribution in [-0.2, 0) is 14.3 Å². The van der Waals surface area contributed by atoms with Gasteiger partial charge in [0.15, 0.2) is 0 Å². The maximum Gasteiger partial charge on any atom is 0.314 e. The summed E-state index contributed by atoms with van der Waals surface area (Å²) in [6.07, 6.45) is 1.62. The minimum atomic E-state index is -0.928. The molecule has 21 heavy (non-hydrogen) atoms. The summed E-state index contributed by atoms with van der Waals surface area (Å²) in [5, 5.41) is 14.4. The Bertz CT molecular complexity index is 353. The number of nitrogens with one attached hydrogen (secondary N) is 2. The van der Waals surface area contributed by atoms with Gasteiger partial charge < -0.3 is 20.5 Å². The standard InChI is InChI=1S/C14H26N2O5/c1-4-14(5-2,12(18)19)10-16-13(20)15-9-7-8-11(17)21-6-3/h4-10H2,1-3H3,(H,18,19)(H2,15,16,20). The van der Waals surface area contributed by atoms with Crippen LogP contribution >= 0.6 is 0 Å². The average molecular weight is 302 g/mol. The van der Waals surface area contributed by atoms with Crippen molar-refractivity contribution >= 4 is 18.0 Å². The van der Waals surface area contributed by atoms with Crippen LogP contribution in [0, 0.1) is 5.41 Å². The molecule has 0 fully saturated rings. The fourth-order valence-corrected chi connectivity index (χ4v) is 1.86. The maximum absolute atomic E-state index is 11.6. The van der Waals surface area contributed by atoms with Crippen LogP contribution in [0.3, 0.4) is 0 Å². The highest BCUT2D eigenvalue weighted by Gasteiger charge is 2.35. The lowest BCUT2D eigenvalue weighted by molar-refractivity contribution is -0.149. The topological polar surface area (TPSA) is 105 Å². The number of hydrogen-bond acceptors (Lipinski definition) is 4. The van der Waals surface area contributed by atoms with Crippen molar-refractivity contribution in [3.8, 4) is 0 Å². The van der Waals surface area contributed by atoms with Gasteiger partial charge in [0.25, 0.3) is 0 Å². The zero-order valence-corrected chi connectivity index (χ0v) is 13.0. The third kappa shape index (κ3) is 6.97. The van der Waals surface area contributed by atoms with E-state index in [1.807, 2.05) is 0 Å². The van der Waals surface area contributed by atoms with E-state index in [2.05, 4.69) is 10.6 Å². The van der Waals surface area contributed by atoms with E-state index in [1.165, 1.54) is 0 Å². The van der Waals surface area contributed by atoms with Crippen molar-refractivity contribution in [3.05, 3.63) is 0 Å². The molecule has 0 aromatic heterocycles. The Labute approximate surface area is 125 Å². The first-order chi connectivity index (χ1) is 9.91. The Kier molecular flexibility index (Phi) is 9.16. The molecule has 0 aliphatic carbocycles. The highest BCUT2D eigenvalue weighted by molar-refractivity contribution is 5.78. The third-order valence-corrected chi connectivity index (χ3v) is 3.54. The van der Waals surface area contributed by atoms with Gasteiger partial charge >= 0.3 is 18.0 Å². The van der Waals surface area contributed by atoms with Gasteiger partial charge in [-0.15, -0.1) is 0 Å². The lowest BCUT2D eigenvalue weighted by Crippen LogP contribution is -2.46. The predicted molar refractivity (Wildman–Crippen MR) is 77.9 cm³/mol. The van der Waals surface area contributed by atoms with Gasteiger partial charge in [-0.25, -0.2) is 4.79 Å². The van der Waals surface area contributed by atoms with Crippen LogP contribution in [0.4, 0.5) is 4.79 Å². The molecule has 0 spiro atoms. The molecule has 0 aromatic carbocycles. The fraction of sp³-hybridized carbons (Fsp3) is 0.786. The van der Waals surface area contributed by atoms with Gasteiger partial charge in [-0.05, 0) is 26.2 Å². The van der Waals surface area contributed by atoms with E-state index in [0.717, 1.165) is 0 Å². The molecule has 0 heterocycles. The zero-order chi connectivity index (χ0) is 16.3. The second-order valence-electron chi connectivity index (χ2n) is 4.81. The van der Waals surface area contributed by atoms with Crippen molar-refractivity contribution in [2.75, 3.05) is 19.7 Å². The number of ether oxygens (including phenoxy) is 1. The van der Waals surface area contributed by atoms with Gasteiger partial charge in [0.1, 0.15) is 0 Å². The monoisotopic (exact) mass is 302 g/mol. The van der Waals surface area contributed by atoms with Crippen LogP contribution in [0.2, 0.25) is 0 Å². The molecule has 0 aliphatic heterocycles. The van der Waals surface area contributed by atoms with Crippen molar-refractivity contribution < 1.29 is 24.2 Å². The molecule has 0 rings (SSSR count). The molecule has 122 valence electrons. The maximum atomic E-state index is 11.6. The number of urea groups is 1. The first-order valence-corrected chi connectivity index (χ1v) is 7.32. The molecule has 7 heteroatoms. The summed E-state index contributed by atoms with van der Waals surface area (Å²) >= 11 is 0. The summed E-state index contributed by atoms with van der Waals surface area (Å²) in [5.74, 6) is -1.20. The molecular formula is C14H26N2O5. The number of amides is 2. The van der Waals surface area contributed by atoms with E-state index < -0.39 is 17.4 Å². The van der Waals surface area contributed by atoms with E-state index in [4.69, 9.17) is 4.74 Å². The number of hydrogen-bond donors (Lipinski definition) is 3. The molecule has 0 aliphatic rings. The lowest BCUT2D eigenvalue weighted by atomic mass is 9.82. The Hall–Kier alpha value is -1.79. The summed E-state index contributed by atoms with van der Waals surface area (Å²) in [6, 6.07) is -0.425. The van der Waals surface area contributed by atoms with Crippen LogP contribution in [-0.4, -0.2) is 42.8 Å². The van der Waals surface area contributed by atoms with Gasteiger partial charge in [0.2, 0.25) is 0 Å². The molecule has 2 amide bonds. The molecule has 7 nitrogen and oxygen atoms in total. The van der Waals surface area contributed by atoms with Gasteiger partial charge in [-0.2, -0.15) is 0 Å². The van der Waals surface area contributed by atoms with E-state index in [0.29, 0.717) is 32.4 Å². The number of rotatable bonds is 10. The normalized spacial score (nSPS) is 10.8. The van der Waals surface area contributed by atoms with Crippen molar-refractivity contribution in [1.82, 2.24) is 10.6 Å². The average Bonchev–Trinajstić information content (AvgIpc) is 2.45. The van der Waals surface area contributed by atoms with Gasteiger partial charge in [0, 0.05) is 19.5 Å². The number of esters is 1. The third-order valence-electron chi connectivity index (χ3n) is 3.54. The summed E-state index contributed by atoms with van der Waals surface area (Å²) in [7, 11) is 0.